The van der Waals surface area contributed by atoms with Crippen molar-refractivity contribution in [2.75, 3.05) is 11.9 Å². The second kappa shape index (κ2) is 5.31. The summed E-state index contributed by atoms with van der Waals surface area (Å²) in [5, 5.41) is 9.76. The molecule has 0 aliphatic heterocycles. The third kappa shape index (κ3) is 3.05. The molecule has 0 radical (unpaired) electrons. The van der Waals surface area contributed by atoms with E-state index in [2.05, 4.69) is 0 Å². The van der Waals surface area contributed by atoms with Gasteiger partial charge in [0.2, 0.25) is 0 Å². The molecule has 0 atom stereocenters. The smallest absolute Gasteiger partial charge is 0.125 e. The summed E-state index contributed by atoms with van der Waals surface area (Å²) in [6.07, 6.45) is 0. The average Bonchev–Trinajstić information content (AvgIpc) is 2.36. The lowest BCUT2D eigenvalue weighted by atomic mass is 10.1. The number of hydrogen-bond acceptors (Lipinski definition) is 2. The van der Waals surface area contributed by atoms with Crippen molar-refractivity contribution in [2.24, 2.45) is 0 Å². The Labute approximate surface area is 113 Å². The Morgan fingerprint density at radius 1 is 1.11 bits per heavy atom. The van der Waals surface area contributed by atoms with Crippen LogP contribution in [0.1, 0.15) is 16.7 Å². The Hall–Kier alpha value is -2.03. The first kappa shape index (κ1) is 13.4. The third-order valence-corrected chi connectivity index (χ3v) is 3.22. The zero-order valence-electron chi connectivity index (χ0n) is 11.4. The molecule has 0 aromatic heterocycles. The van der Waals surface area contributed by atoms with Gasteiger partial charge in [0.15, 0.2) is 0 Å². The number of phenolic OH excluding ortho intramolecular Hbond substituents is 1. The summed E-state index contributed by atoms with van der Waals surface area (Å²) >= 11 is 0. The summed E-state index contributed by atoms with van der Waals surface area (Å²) in [4.78, 5) is 1.98. The van der Waals surface area contributed by atoms with E-state index in [1.807, 2.05) is 44.0 Å². The van der Waals surface area contributed by atoms with Crippen molar-refractivity contribution >= 4 is 5.69 Å². The van der Waals surface area contributed by atoms with Gasteiger partial charge in [-0.2, -0.15) is 0 Å². The van der Waals surface area contributed by atoms with Crippen LogP contribution in [0.15, 0.2) is 36.4 Å². The molecule has 2 aromatic rings. The molecule has 0 fully saturated rings. The van der Waals surface area contributed by atoms with Crippen molar-refractivity contribution in [2.45, 2.75) is 20.4 Å². The normalized spacial score (nSPS) is 10.5. The molecule has 1 N–H and O–H groups in total. The van der Waals surface area contributed by atoms with E-state index in [1.54, 1.807) is 6.07 Å². The lowest BCUT2D eigenvalue weighted by Gasteiger charge is -2.20. The summed E-state index contributed by atoms with van der Waals surface area (Å²) < 4.78 is 13.2. The minimum Gasteiger partial charge on any atom is -0.507 e. The van der Waals surface area contributed by atoms with Gasteiger partial charge >= 0.3 is 0 Å². The number of halogens is 1. The molecule has 3 heteroatoms. The van der Waals surface area contributed by atoms with Gasteiger partial charge in [-0.25, -0.2) is 4.39 Å². The van der Waals surface area contributed by atoms with E-state index in [0.717, 1.165) is 22.4 Å². The highest BCUT2D eigenvalue weighted by Gasteiger charge is 2.07. The molecule has 2 aromatic carbocycles. The van der Waals surface area contributed by atoms with Crippen LogP contribution in [0.25, 0.3) is 0 Å². The molecule has 0 saturated heterocycles. The van der Waals surface area contributed by atoms with Crippen LogP contribution in [0.2, 0.25) is 0 Å². The summed E-state index contributed by atoms with van der Waals surface area (Å²) in [6.45, 7) is 4.44. The van der Waals surface area contributed by atoms with Gasteiger partial charge in [0.05, 0.1) is 0 Å². The molecular formula is C16H18FNO. The minimum atomic E-state index is -0.234. The maximum atomic E-state index is 13.2. The molecule has 0 unspecified atom stereocenters. The predicted octanol–water partition coefficient (Wildman–Crippen LogP) is 3.78. The largest absolute Gasteiger partial charge is 0.507 e. The van der Waals surface area contributed by atoms with Crippen LogP contribution in [0.4, 0.5) is 10.1 Å². The molecule has 19 heavy (non-hydrogen) atoms. The zero-order valence-corrected chi connectivity index (χ0v) is 11.4. The van der Waals surface area contributed by atoms with Gasteiger partial charge in [-0.05, 0) is 48.7 Å². The number of rotatable bonds is 3. The van der Waals surface area contributed by atoms with Crippen LogP contribution >= 0.6 is 0 Å². The van der Waals surface area contributed by atoms with E-state index >= 15 is 0 Å². The lowest BCUT2D eigenvalue weighted by Crippen LogP contribution is -2.16. The van der Waals surface area contributed by atoms with Crippen molar-refractivity contribution in [3.63, 3.8) is 0 Å². The Balaban J connectivity index is 2.21. The molecule has 0 aliphatic rings. The zero-order chi connectivity index (χ0) is 14.0. The monoisotopic (exact) mass is 259 g/mol. The number of anilines is 1. The quantitative estimate of drug-likeness (QED) is 0.906. The van der Waals surface area contributed by atoms with Gasteiger partial charge in [0, 0.05) is 19.3 Å². The van der Waals surface area contributed by atoms with Crippen LogP contribution in [0.5, 0.6) is 5.75 Å². The molecule has 2 rings (SSSR count). The van der Waals surface area contributed by atoms with Crippen LogP contribution in [0, 0.1) is 19.7 Å². The lowest BCUT2D eigenvalue weighted by molar-refractivity contribution is 0.466. The van der Waals surface area contributed by atoms with Crippen LogP contribution < -0.4 is 4.90 Å². The highest BCUT2D eigenvalue weighted by Crippen LogP contribution is 2.24. The Morgan fingerprint density at radius 2 is 1.74 bits per heavy atom. The predicted molar refractivity (Wildman–Crippen MR) is 76.1 cm³/mol. The molecule has 0 saturated carbocycles. The van der Waals surface area contributed by atoms with Gasteiger partial charge in [0.25, 0.3) is 0 Å². The van der Waals surface area contributed by atoms with E-state index in [4.69, 9.17) is 0 Å². The first-order valence-corrected chi connectivity index (χ1v) is 6.23. The number of phenols is 1. The van der Waals surface area contributed by atoms with Crippen molar-refractivity contribution in [3.05, 3.63) is 58.9 Å². The fourth-order valence-corrected chi connectivity index (χ4v) is 2.22. The number of hydrogen-bond donors (Lipinski definition) is 1. The van der Waals surface area contributed by atoms with Crippen molar-refractivity contribution < 1.29 is 9.50 Å². The molecule has 0 heterocycles. The molecule has 0 bridgehead atoms. The summed E-state index contributed by atoms with van der Waals surface area (Å²) in [7, 11) is 1.92. The first-order chi connectivity index (χ1) is 8.97. The molecule has 0 amide bonds. The van der Waals surface area contributed by atoms with E-state index in [0.29, 0.717) is 12.3 Å². The van der Waals surface area contributed by atoms with Gasteiger partial charge < -0.3 is 10.0 Å². The topological polar surface area (TPSA) is 23.5 Å². The fraction of sp³-hybridized carbons (Fsp3) is 0.250. The Bertz CT molecular complexity index is 572. The van der Waals surface area contributed by atoms with E-state index < -0.39 is 0 Å². The van der Waals surface area contributed by atoms with Gasteiger partial charge in [-0.1, -0.05) is 18.2 Å². The number of benzene rings is 2. The van der Waals surface area contributed by atoms with Crippen LogP contribution in [-0.4, -0.2) is 12.2 Å². The van der Waals surface area contributed by atoms with Gasteiger partial charge in [-0.15, -0.1) is 0 Å². The summed E-state index contributed by atoms with van der Waals surface area (Å²) in [5.74, 6) is 0.111. The molecule has 0 spiro atoms. The molecule has 0 aliphatic carbocycles. The van der Waals surface area contributed by atoms with Gasteiger partial charge in [-0.3, -0.25) is 0 Å². The highest BCUT2D eigenvalue weighted by atomic mass is 19.1. The molecule has 100 valence electrons. The minimum absolute atomic E-state index is 0.234. The number of aryl methyl sites for hydroxylation is 2. The Morgan fingerprint density at radius 3 is 2.32 bits per heavy atom. The number of nitrogens with zero attached hydrogens (tertiary/aromatic N) is 1. The highest BCUT2D eigenvalue weighted by molar-refractivity contribution is 5.48. The van der Waals surface area contributed by atoms with E-state index in [-0.39, 0.29) is 5.82 Å². The first-order valence-electron chi connectivity index (χ1n) is 6.23. The van der Waals surface area contributed by atoms with Crippen molar-refractivity contribution in [1.82, 2.24) is 0 Å². The summed E-state index contributed by atoms with van der Waals surface area (Å²) in [6, 6.07) is 10.4. The maximum absolute atomic E-state index is 13.2. The fourth-order valence-electron chi connectivity index (χ4n) is 2.22. The van der Waals surface area contributed by atoms with E-state index in [9.17, 15) is 9.50 Å². The van der Waals surface area contributed by atoms with Gasteiger partial charge in [0.1, 0.15) is 11.6 Å². The molecular weight excluding hydrogens is 241 g/mol. The SMILES string of the molecule is Cc1cc(CN(C)c2cccc(F)c2)cc(C)c1O. The Kier molecular flexibility index (Phi) is 3.74. The average molecular weight is 259 g/mol. The van der Waals surface area contributed by atoms with Crippen molar-refractivity contribution in [1.29, 1.82) is 0 Å². The third-order valence-electron chi connectivity index (χ3n) is 3.22. The second-order valence-corrected chi connectivity index (χ2v) is 4.91. The second-order valence-electron chi connectivity index (χ2n) is 4.91. The van der Waals surface area contributed by atoms with Crippen LogP contribution in [0.3, 0.4) is 0 Å². The van der Waals surface area contributed by atoms with Crippen LogP contribution in [-0.2, 0) is 6.54 Å². The number of aromatic hydroxyl groups is 1. The standard InChI is InChI=1S/C16H18FNO/c1-11-7-13(8-12(2)16(11)19)10-18(3)15-6-4-5-14(17)9-15/h4-9,19H,10H2,1-3H3. The van der Waals surface area contributed by atoms with Crippen molar-refractivity contribution in [3.8, 4) is 5.75 Å². The van der Waals surface area contributed by atoms with E-state index in [1.165, 1.54) is 12.1 Å². The molecule has 2 nitrogen and oxygen atoms in total. The maximum Gasteiger partial charge on any atom is 0.125 e. The summed E-state index contributed by atoms with van der Waals surface area (Å²) in [5.41, 5.74) is 3.66.